The minimum absolute atomic E-state index is 0.0174. The Kier molecular flexibility index (Phi) is 19.6. The molecule has 26 nitrogen and oxygen atoms in total. The van der Waals surface area contributed by atoms with E-state index in [4.69, 9.17) is 47.4 Å². The number of hydrogen-bond acceptors (Lipinski definition) is 26. The number of ether oxygens (including phenoxy) is 10. The largest absolute Gasteiger partial charge is 0.509 e. The smallest absolute Gasteiger partial charge is 0.427 e. The van der Waals surface area contributed by atoms with E-state index < -0.39 is 195 Å². The molecule has 0 aromatic heterocycles. The Labute approximate surface area is 465 Å². The molecule has 0 unspecified atom stereocenters. The Bertz CT molecular complexity index is 2110. The standard InChI is InChI=1S/C54H90O26/c1-22(16-26-44(80-49(68)77-26)54(8,70)21-73-46-40(66)37(63)34(60)27(18-55)75-46)10-9-13-53(7,69)43-24(56)17-30-51(5)15-12-31(50(3,4)29(51)11-14-52(30,43)6)78-48-42(79-47-41(67)36(62)32(58)23(2)74-47)38(64)35(61)28(76-48)20-72-45-39(65)33(59)25(57)19-71-45/h10,23-48,55-67,69-70H,9,11-21H2,1-8H3/b22-10+/t23-,24+,25+,26-,27+,28+,29-,30+,31-,32-,33-,34+,35+,36+,37-,38-,39+,40+,41+,42+,43+,44+,45-,46+,47-,48-,51-,52+,53+,54+/m0/s1. The maximum Gasteiger partial charge on any atom is 0.509 e. The molecule has 8 fully saturated rings. The summed E-state index contributed by atoms with van der Waals surface area (Å²) in [6, 6.07) is 0. The van der Waals surface area contributed by atoms with Gasteiger partial charge in [-0.3, -0.25) is 0 Å². The summed E-state index contributed by atoms with van der Waals surface area (Å²) in [4.78, 5) is 12.4. The summed E-state index contributed by atoms with van der Waals surface area (Å²) in [6.07, 6.45) is -28.4. The van der Waals surface area contributed by atoms with Gasteiger partial charge in [-0.05, 0) is 101 Å². The predicted octanol–water partition coefficient (Wildman–Crippen LogP) is -2.93. The molecule has 26 heteroatoms. The van der Waals surface area contributed by atoms with Crippen LogP contribution < -0.4 is 0 Å². The number of rotatable bonds is 18. The summed E-state index contributed by atoms with van der Waals surface area (Å²) in [5.74, 6) is -0.587. The number of hydrogen-bond donors (Lipinski definition) is 15. The molecule has 8 aliphatic rings. The Morgan fingerprint density at radius 1 is 0.650 bits per heavy atom. The maximum absolute atomic E-state index is 12.5. The average molecular weight is 1160 g/mol. The molecular formula is C54H90O26. The van der Waals surface area contributed by atoms with E-state index in [1.807, 2.05) is 13.0 Å². The molecule has 0 radical (unpaired) electrons. The summed E-state index contributed by atoms with van der Waals surface area (Å²) in [7, 11) is 0. The Hall–Kier alpha value is -1.91. The lowest BCUT2D eigenvalue weighted by atomic mass is 9.42. The quantitative estimate of drug-likeness (QED) is 0.0371. The number of carbonyl (C=O) groups is 1. The van der Waals surface area contributed by atoms with Gasteiger partial charge in [0.1, 0.15) is 97.2 Å². The van der Waals surface area contributed by atoms with Crippen LogP contribution in [0, 0.1) is 34.0 Å². The molecule has 15 N–H and O–H groups in total. The van der Waals surface area contributed by atoms with E-state index in [1.165, 1.54) is 13.8 Å². The van der Waals surface area contributed by atoms with Gasteiger partial charge in [0.2, 0.25) is 0 Å². The summed E-state index contributed by atoms with van der Waals surface area (Å²) in [5.41, 5.74) is -4.02. The normalized spacial score (nSPS) is 50.4. The SMILES string of the molecule is C/C(=C\CC[C@@](C)(O)[C@@H]1[C@H](O)C[C@H]2[C@@]1(C)CC[C@H]1C(C)(C)[C@@H](O[C@@H]3O[C@H](CO[C@@H]4OC[C@@H](O)[C@H](O)[C@H]4O)[C@@H](O)[C@H](O)[C@H]3O[C@@H]3O[C@@H](C)[C@H](O)[C@@H](O)[C@H]3O)CC[C@]21C)C[C@@H]1OC(=O)O[C@H]1[C@](C)(O)CO[C@@H]1O[C@H](CO)[C@@H](O)[C@H](O)[C@H]1O. The van der Waals surface area contributed by atoms with Crippen molar-refractivity contribution in [1.82, 2.24) is 0 Å². The fourth-order valence-electron chi connectivity index (χ4n) is 15.3. The molecule has 462 valence electrons. The van der Waals surface area contributed by atoms with Crippen molar-refractivity contribution < 1.29 is 129 Å². The van der Waals surface area contributed by atoms with Crippen LogP contribution in [-0.4, -0.2) is 262 Å². The lowest BCUT2D eigenvalue weighted by Crippen LogP contribution is -2.66. The number of carbonyl (C=O) groups excluding carboxylic acids is 1. The zero-order valence-corrected chi connectivity index (χ0v) is 46.8. The van der Waals surface area contributed by atoms with Crippen molar-refractivity contribution in [3.63, 3.8) is 0 Å². The molecule has 0 amide bonds. The second-order valence-electron chi connectivity index (χ2n) is 25.8. The highest BCUT2D eigenvalue weighted by atomic mass is 16.8. The van der Waals surface area contributed by atoms with E-state index in [-0.39, 0.29) is 36.7 Å². The molecule has 5 aliphatic heterocycles. The maximum atomic E-state index is 12.5. The highest BCUT2D eigenvalue weighted by Gasteiger charge is 2.69. The zero-order chi connectivity index (χ0) is 58.9. The lowest BCUT2D eigenvalue weighted by Gasteiger charge is -2.64. The molecule has 80 heavy (non-hydrogen) atoms. The van der Waals surface area contributed by atoms with Gasteiger partial charge < -0.3 is 124 Å². The number of fused-ring (bicyclic) bond motifs is 3. The van der Waals surface area contributed by atoms with Gasteiger partial charge in [0.05, 0.1) is 50.3 Å². The molecule has 0 bridgehead atoms. The monoisotopic (exact) mass is 1150 g/mol. The van der Waals surface area contributed by atoms with Gasteiger partial charge in [-0.2, -0.15) is 0 Å². The third kappa shape index (κ3) is 12.3. The zero-order valence-electron chi connectivity index (χ0n) is 46.8. The van der Waals surface area contributed by atoms with Gasteiger partial charge in [0.25, 0.3) is 0 Å². The van der Waals surface area contributed by atoms with Crippen LogP contribution >= 0.6 is 0 Å². The molecular weight excluding hydrogens is 1060 g/mol. The van der Waals surface area contributed by atoms with E-state index in [9.17, 15) is 81.4 Å². The predicted molar refractivity (Wildman–Crippen MR) is 270 cm³/mol. The highest BCUT2D eigenvalue weighted by molar-refractivity contribution is 5.63. The van der Waals surface area contributed by atoms with Crippen molar-refractivity contribution in [2.24, 2.45) is 34.0 Å². The number of cyclic esters (lactones) is 2. The summed E-state index contributed by atoms with van der Waals surface area (Å²) < 4.78 is 57.9. The van der Waals surface area contributed by atoms with Gasteiger partial charge in [0, 0.05) is 12.3 Å². The fraction of sp³-hybridized carbons (Fsp3) is 0.944. The van der Waals surface area contributed by atoms with Crippen LogP contribution in [-0.2, 0) is 47.4 Å². The van der Waals surface area contributed by atoms with Crippen LogP contribution in [0.5, 0.6) is 0 Å². The first-order valence-corrected chi connectivity index (χ1v) is 28.2. The van der Waals surface area contributed by atoms with Crippen molar-refractivity contribution in [3.05, 3.63) is 11.6 Å². The Balaban J connectivity index is 0.920. The average Bonchev–Trinajstić information content (AvgIpc) is 3.63. The summed E-state index contributed by atoms with van der Waals surface area (Å²) in [6.45, 7) is 12.8. The first kappa shape index (κ1) is 64.1. The van der Waals surface area contributed by atoms with Gasteiger partial charge in [0.15, 0.2) is 31.3 Å². The fourth-order valence-corrected chi connectivity index (χ4v) is 15.3. The minimum Gasteiger partial charge on any atom is -0.427 e. The number of aliphatic hydroxyl groups excluding tert-OH is 13. The number of aliphatic hydroxyl groups is 15. The molecule has 0 spiro atoms. The van der Waals surface area contributed by atoms with Crippen LogP contribution in [0.3, 0.4) is 0 Å². The summed E-state index contributed by atoms with van der Waals surface area (Å²) in [5, 5.41) is 162. The third-order valence-corrected chi connectivity index (χ3v) is 19.7. The van der Waals surface area contributed by atoms with Crippen LogP contribution in [0.2, 0.25) is 0 Å². The van der Waals surface area contributed by atoms with E-state index in [1.54, 1.807) is 6.92 Å². The van der Waals surface area contributed by atoms with E-state index >= 15 is 0 Å². The molecule has 3 aliphatic carbocycles. The molecule has 0 aromatic rings. The molecule has 5 heterocycles. The lowest BCUT2D eigenvalue weighted by molar-refractivity contribution is -0.379. The second-order valence-corrected chi connectivity index (χ2v) is 25.8. The van der Waals surface area contributed by atoms with Crippen molar-refractivity contribution in [2.75, 3.05) is 26.4 Å². The van der Waals surface area contributed by atoms with Crippen molar-refractivity contribution in [3.8, 4) is 0 Å². The first-order chi connectivity index (χ1) is 37.3. The van der Waals surface area contributed by atoms with Crippen LogP contribution in [0.1, 0.15) is 107 Å². The minimum atomic E-state index is -1.90. The molecule has 5 saturated heterocycles. The van der Waals surface area contributed by atoms with Gasteiger partial charge in [-0.1, -0.05) is 39.3 Å². The highest BCUT2D eigenvalue weighted by Crippen LogP contribution is 2.71. The van der Waals surface area contributed by atoms with E-state index in [2.05, 4.69) is 27.7 Å². The molecule has 30 atom stereocenters. The Morgan fingerprint density at radius 3 is 1.96 bits per heavy atom. The van der Waals surface area contributed by atoms with Gasteiger partial charge in [-0.25, -0.2) is 4.79 Å². The van der Waals surface area contributed by atoms with Crippen molar-refractivity contribution >= 4 is 6.16 Å². The van der Waals surface area contributed by atoms with Crippen molar-refractivity contribution in [2.45, 2.75) is 259 Å². The van der Waals surface area contributed by atoms with Crippen LogP contribution in [0.25, 0.3) is 0 Å². The number of allylic oxidation sites excluding steroid dienone is 1. The van der Waals surface area contributed by atoms with Gasteiger partial charge >= 0.3 is 6.16 Å². The van der Waals surface area contributed by atoms with Crippen molar-refractivity contribution in [1.29, 1.82) is 0 Å². The van der Waals surface area contributed by atoms with Gasteiger partial charge in [-0.15, -0.1) is 0 Å². The summed E-state index contributed by atoms with van der Waals surface area (Å²) >= 11 is 0. The van der Waals surface area contributed by atoms with E-state index in [0.29, 0.717) is 38.5 Å². The van der Waals surface area contributed by atoms with E-state index in [0.717, 1.165) is 5.57 Å². The van der Waals surface area contributed by atoms with Crippen LogP contribution in [0.4, 0.5) is 4.79 Å². The third-order valence-electron chi connectivity index (χ3n) is 19.7. The Morgan fingerprint density at radius 2 is 1.27 bits per heavy atom. The molecule has 0 aromatic carbocycles. The molecule has 8 rings (SSSR count). The second kappa shape index (κ2) is 24.5. The topological polar surface area (TPSA) is 413 Å². The molecule has 3 saturated carbocycles. The first-order valence-electron chi connectivity index (χ1n) is 28.2. The van der Waals surface area contributed by atoms with Crippen LogP contribution in [0.15, 0.2) is 11.6 Å².